The lowest BCUT2D eigenvalue weighted by atomic mass is 10.2. The topological polar surface area (TPSA) is 102 Å². The molecule has 0 bridgehead atoms. The highest BCUT2D eigenvalue weighted by molar-refractivity contribution is 5.82. The smallest absolute Gasteiger partial charge is 0.312 e. The molecule has 0 fully saturated rings. The van der Waals surface area contributed by atoms with Crippen LogP contribution in [0.25, 0.3) is 12.2 Å². The van der Waals surface area contributed by atoms with Gasteiger partial charge in [-0.25, -0.2) is 4.98 Å². The van der Waals surface area contributed by atoms with Gasteiger partial charge in [-0.2, -0.15) is 0 Å². The Hall–Kier alpha value is -3.74. The maximum atomic E-state index is 10.8. The molecule has 0 aliphatic carbocycles. The van der Waals surface area contributed by atoms with E-state index in [1.807, 2.05) is 31.2 Å². The number of aryl methyl sites for hydroxylation is 1. The second-order valence-corrected chi connectivity index (χ2v) is 5.52. The summed E-state index contributed by atoms with van der Waals surface area (Å²) in [6.07, 6.45) is 4.54. The molecule has 26 heavy (non-hydrogen) atoms. The quantitative estimate of drug-likeness (QED) is 0.414. The van der Waals surface area contributed by atoms with Gasteiger partial charge in [-0.3, -0.25) is 15.1 Å². The average molecular weight is 349 g/mol. The Labute approximate surface area is 149 Å². The van der Waals surface area contributed by atoms with Crippen molar-refractivity contribution in [1.29, 1.82) is 0 Å². The molecule has 0 aliphatic heterocycles. The molecule has 130 valence electrons. The molecule has 0 aliphatic rings. The number of aromatic hydroxyl groups is 1. The van der Waals surface area contributed by atoms with E-state index in [4.69, 9.17) is 4.42 Å². The summed E-state index contributed by atoms with van der Waals surface area (Å²) >= 11 is 0. The zero-order valence-electron chi connectivity index (χ0n) is 13.9. The van der Waals surface area contributed by atoms with E-state index in [2.05, 4.69) is 9.98 Å². The van der Waals surface area contributed by atoms with Crippen molar-refractivity contribution in [3.8, 4) is 5.95 Å². The molecule has 0 saturated carbocycles. The maximum absolute atomic E-state index is 10.8. The number of nitro groups is 1. The molecule has 3 aromatic rings. The van der Waals surface area contributed by atoms with E-state index in [1.54, 1.807) is 18.2 Å². The number of nitrogens with zero attached hydrogens (tertiary/aromatic N) is 3. The van der Waals surface area contributed by atoms with Gasteiger partial charge in [0.25, 0.3) is 5.69 Å². The summed E-state index contributed by atoms with van der Waals surface area (Å²) in [4.78, 5) is 18.7. The second-order valence-electron chi connectivity index (χ2n) is 5.52. The minimum atomic E-state index is -0.464. The molecular formula is C19H15N3O4. The fourth-order valence-corrected chi connectivity index (χ4v) is 2.17. The molecule has 3 rings (SSSR count). The van der Waals surface area contributed by atoms with Crippen LogP contribution in [0.4, 0.5) is 11.4 Å². The number of hydrogen-bond acceptors (Lipinski definition) is 6. The monoisotopic (exact) mass is 349 g/mol. The Balaban J connectivity index is 1.76. The van der Waals surface area contributed by atoms with Crippen LogP contribution in [0, 0.1) is 17.0 Å². The van der Waals surface area contributed by atoms with Gasteiger partial charge in [0.2, 0.25) is 5.89 Å². The van der Waals surface area contributed by atoms with Crippen LogP contribution in [0.2, 0.25) is 0 Å². The van der Waals surface area contributed by atoms with Crippen LogP contribution in [0.3, 0.4) is 0 Å². The number of aromatic nitrogens is 1. The van der Waals surface area contributed by atoms with Gasteiger partial charge in [-0.05, 0) is 30.7 Å². The number of oxazole rings is 1. The van der Waals surface area contributed by atoms with Crippen molar-refractivity contribution in [2.24, 2.45) is 4.99 Å². The number of aliphatic imine (C=N–C) groups is 1. The van der Waals surface area contributed by atoms with Gasteiger partial charge >= 0.3 is 5.95 Å². The molecule has 1 aromatic heterocycles. The highest BCUT2D eigenvalue weighted by atomic mass is 16.6. The first-order chi connectivity index (χ1) is 12.5. The Bertz CT molecular complexity index is 988. The van der Waals surface area contributed by atoms with E-state index in [-0.39, 0.29) is 23.2 Å². The average Bonchev–Trinajstić information content (AvgIpc) is 2.99. The first-order valence-corrected chi connectivity index (χ1v) is 7.74. The van der Waals surface area contributed by atoms with Crippen LogP contribution >= 0.6 is 0 Å². The molecular weight excluding hydrogens is 334 g/mol. The molecule has 0 unspecified atom stereocenters. The highest BCUT2D eigenvalue weighted by Gasteiger charge is 2.09. The fourth-order valence-electron chi connectivity index (χ4n) is 2.17. The molecule has 0 saturated heterocycles. The summed E-state index contributed by atoms with van der Waals surface area (Å²) in [5, 5.41) is 20.6. The number of rotatable bonds is 5. The summed E-state index contributed by atoms with van der Waals surface area (Å²) in [5.74, 6) is -0.182. The Kier molecular flexibility index (Phi) is 4.89. The minimum Gasteiger partial charge on any atom is -0.479 e. The van der Waals surface area contributed by atoms with Crippen LogP contribution in [-0.2, 0) is 0 Å². The summed E-state index contributed by atoms with van der Waals surface area (Å²) in [7, 11) is 0. The molecule has 7 heteroatoms. The molecule has 0 atom stereocenters. The van der Waals surface area contributed by atoms with Gasteiger partial charge in [0.1, 0.15) is 0 Å². The third-order valence-electron chi connectivity index (χ3n) is 3.52. The van der Waals surface area contributed by atoms with Gasteiger partial charge in [0.05, 0.1) is 16.8 Å². The standard InChI is InChI=1S/C19H15N3O4/c1-13-5-8-15(9-6-13)20-12-17-19(23)26-18(21-17)10-7-14-3-2-4-16(11-14)22(24)25/h2-12,23H,1H3. The van der Waals surface area contributed by atoms with Crippen molar-refractivity contribution in [2.75, 3.05) is 0 Å². The lowest BCUT2D eigenvalue weighted by Crippen LogP contribution is -1.87. The summed E-state index contributed by atoms with van der Waals surface area (Å²) in [5.41, 5.74) is 2.66. The normalized spacial score (nSPS) is 11.4. The summed E-state index contributed by atoms with van der Waals surface area (Å²) in [6, 6.07) is 13.7. The van der Waals surface area contributed by atoms with Crippen molar-refractivity contribution in [1.82, 2.24) is 4.98 Å². The van der Waals surface area contributed by atoms with E-state index in [0.29, 0.717) is 5.56 Å². The number of nitro benzene ring substituents is 1. The summed E-state index contributed by atoms with van der Waals surface area (Å²) < 4.78 is 5.15. The van der Waals surface area contributed by atoms with Crippen molar-refractivity contribution in [3.63, 3.8) is 0 Å². The van der Waals surface area contributed by atoms with Gasteiger partial charge in [-0.15, -0.1) is 0 Å². The third-order valence-corrected chi connectivity index (χ3v) is 3.52. The van der Waals surface area contributed by atoms with Crippen molar-refractivity contribution >= 4 is 29.7 Å². The van der Waals surface area contributed by atoms with Crippen molar-refractivity contribution in [3.05, 3.63) is 81.4 Å². The first-order valence-electron chi connectivity index (χ1n) is 7.74. The predicted molar refractivity (Wildman–Crippen MR) is 98.6 cm³/mol. The van der Waals surface area contributed by atoms with Gasteiger partial charge in [-0.1, -0.05) is 29.8 Å². The molecule has 2 aromatic carbocycles. The number of benzene rings is 2. The van der Waals surface area contributed by atoms with E-state index in [1.165, 1.54) is 24.4 Å². The van der Waals surface area contributed by atoms with Crippen LogP contribution in [0.1, 0.15) is 22.7 Å². The second kappa shape index (κ2) is 7.43. The van der Waals surface area contributed by atoms with E-state index < -0.39 is 4.92 Å². The summed E-state index contributed by atoms with van der Waals surface area (Å²) in [6.45, 7) is 1.98. The van der Waals surface area contributed by atoms with Crippen LogP contribution < -0.4 is 0 Å². The van der Waals surface area contributed by atoms with Crippen molar-refractivity contribution in [2.45, 2.75) is 6.92 Å². The molecule has 1 N–H and O–H groups in total. The number of hydrogen-bond donors (Lipinski definition) is 1. The van der Waals surface area contributed by atoms with E-state index in [9.17, 15) is 15.2 Å². The molecule has 0 radical (unpaired) electrons. The third kappa shape index (κ3) is 4.21. The van der Waals surface area contributed by atoms with Gasteiger partial charge in [0.15, 0.2) is 5.69 Å². The molecule has 7 nitrogen and oxygen atoms in total. The molecule has 0 amide bonds. The van der Waals surface area contributed by atoms with Gasteiger partial charge < -0.3 is 9.52 Å². The zero-order valence-corrected chi connectivity index (χ0v) is 13.9. The van der Waals surface area contributed by atoms with Crippen molar-refractivity contribution < 1.29 is 14.4 Å². The Morgan fingerprint density at radius 3 is 2.69 bits per heavy atom. The molecule has 1 heterocycles. The Morgan fingerprint density at radius 1 is 1.19 bits per heavy atom. The van der Waals surface area contributed by atoms with Gasteiger partial charge in [0, 0.05) is 18.2 Å². The van der Waals surface area contributed by atoms with E-state index in [0.717, 1.165) is 11.3 Å². The minimum absolute atomic E-state index is 0.00618. The molecule has 0 spiro atoms. The van der Waals surface area contributed by atoms with E-state index >= 15 is 0 Å². The highest BCUT2D eigenvalue weighted by Crippen LogP contribution is 2.21. The van der Waals surface area contributed by atoms with Crippen LogP contribution in [0.15, 0.2) is 57.9 Å². The number of non-ortho nitro benzene ring substituents is 1. The lowest BCUT2D eigenvalue weighted by Gasteiger charge is -1.93. The maximum Gasteiger partial charge on any atom is 0.312 e. The lowest BCUT2D eigenvalue weighted by molar-refractivity contribution is -0.384. The largest absolute Gasteiger partial charge is 0.479 e. The van der Waals surface area contributed by atoms with Crippen LogP contribution in [0.5, 0.6) is 5.95 Å². The first kappa shape index (κ1) is 17.1. The Morgan fingerprint density at radius 2 is 1.96 bits per heavy atom. The zero-order chi connectivity index (χ0) is 18.5. The SMILES string of the molecule is Cc1ccc(N=Cc2nc(C=Cc3cccc([N+](=O)[O-])c3)oc2O)cc1. The fraction of sp³-hybridized carbons (Fsp3) is 0.0526. The predicted octanol–water partition coefficient (Wildman–Crippen LogP) is 4.52. The van der Waals surface area contributed by atoms with Crippen LogP contribution in [-0.4, -0.2) is 21.2 Å².